The number of para-hydroxylation sites is 1. The zero-order valence-electron chi connectivity index (χ0n) is 17.7. The van der Waals surface area contributed by atoms with Crippen LogP contribution in [-0.4, -0.2) is 43.6 Å². The van der Waals surface area contributed by atoms with Gasteiger partial charge in [-0.1, -0.05) is 42.5 Å². The van der Waals surface area contributed by atoms with Crippen molar-refractivity contribution in [3.63, 3.8) is 0 Å². The van der Waals surface area contributed by atoms with Gasteiger partial charge in [0.15, 0.2) is 5.78 Å². The van der Waals surface area contributed by atoms with E-state index in [1.165, 1.54) is 4.57 Å². The van der Waals surface area contributed by atoms with Gasteiger partial charge in [-0.05, 0) is 30.5 Å². The molecule has 1 aliphatic rings. The van der Waals surface area contributed by atoms with Crippen LogP contribution in [0.3, 0.4) is 0 Å². The Hall–Kier alpha value is -3.74. The number of aromatic nitrogens is 3. The van der Waals surface area contributed by atoms with Crippen LogP contribution in [0.25, 0.3) is 16.6 Å². The Balaban J connectivity index is 1.29. The minimum atomic E-state index is -0.183. The summed E-state index contributed by atoms with van der Waals surface area (Å²) in [6.07, 6.45) is 4.90. The molecule has 0 aliphatic carbocycles. The van der Waals surface area contributed by atoms with Crippen LogP contribution in [0.1, 0.15) is 18.4 Å². The van der Waals surface area contributed by atoms with Gasteiger partial charge in [0.05, 0.1) is 30.1 Å². The summed E-state index contributed by atoms with van der Waals surface area (Å²) in [6.45, 7) is 1.15. The van der Waals surface area contributed by atoms with E-state index in [1.54, 1.807) is 18.6 Å². The Morgan fingerprint density at radius 3 is 2.47 bits per heavy atom. The van der Waals surface area contributed by atoms with Crippen LogP contribution in [0.4, 0.5) is 0 Å². The predicted octanol–water partition coefficient (Wildman–Crippen LogP) is 2.70. The van der Waals surface area contributed by atoms with Gasteiger partial charge >= 0.3 is 0 Å². The van der Waals surface area contributed by atoms with Gasteiger partial charge in [0.1, 0.15) is 12.0 Å². The highest BCUT2D eigenvalue weighted by atomic mass is 16.2. The molecule has 0 radical (unpaired) electrons. The van der Waals surface area contributed by atoms with Gasteiger partial charge in [0.2, 0.25) is 5.91 Å². The molecule has 1 saturated heterocycles. The summed E-state index contributed by atoms with van der Waals surface area (Å²) in [7, 11) is 0. The van der Waals surface area contributed by atoms with Crippen LogP contribution in [-0.2, 0) is 22.6 Å². The lowest BCUT2D eigenvalue weighted by atomic mass is 9.92. The van der Waals surface area contributed by atoms with E-state index in [-0.39, 0.29) is 29.7 Å². The highest BCUT2D eigenvalue weighted by molar-refractivity contribution is 5.85. The first-order valence-corrected chi connectivity index (χ1v) is 10.9. The lowest BCUT2D eigenvalue weighted by molar-refractivity contribution is -0.134. The van der Waals surface area contributed by atoms with Crippen LogP contribution in [0.5, 0.6) is 0 Å². The third-order valence-electron chi connectivity index (χ3n) is 6.35. The third-order valence-corrected chi connectivity index (χ3v) is 6.35. The van der Waals surface area contributed by atoms with Gasteiger partial charge < -0.3 is 4.90 Å². The maximum atomic E-state index is 13.1. The maximum Gasteiger partial charge on any atom is 0.261 e. The Labute approximate surface area is 184 Å². The van der Waals surface area contributed by atoms with E-state index in [4.69, 9.17) is 0 Å². The number of ketones is 1. The molecule has 0 unspecified atom stereocenters. The number of fused-ring (bicyclic) bond motifs is 3. The molecule has 0 bridgehead atoms. The fourth-order valence-corrected chi connectivity index (χ4v) is 4.56. The highest BCUT2D eigenvalue weighted by Gasteiger charge is 2.28. The molecule has 0 spiro atoms. The van der Waals surface area contributed by atoms with Crippen molar-refractivity contribution in [1.82, 2.24) is 18.9 Å². The summed E-state index contributed by atoms with van der Waals surface area (Å²) in [5.74, 6) is -0.0356. The molecule has 162 valence electrons. The van der Waals surface area contributed by atoms with Gasteiger partial charge in [-0.2, -0.15) is 0 Å². The molecule has 0 saturated carbocycles. The van der Waals surface area contributed by atoms with Crippen molar-refractivity contribution in [2.45, 2.75) is 25.8 Å². The van der Waals surface area contributed by atoms with Crippen molar-refractivity contribution in [3.05, 3.63) is 83.0 Å². The summed E-state index contributed by atoms with van der Waals surface area (Å²) in [6, 6.07) is 17.0. The van der Waals surface area contributed by atoms with E-state index in [9.17, 15) is 14.4 Å². The fraction of sp³-hybridized carbons (Fsp3) is 0.280. The molecule has 3 heterocycles. The standard InChI is InChI=1S/C25H24N4O3/c30-22(19-10-12-27(13-11-19)24(31)14-18-6-2-1-3-7-18)16-28-23-15-26-17-29(23)21-9-5-4-8-20(21)25(28)32/h1-9,15,17,19H,10-14,16H2. The summed E-state index contributed by atoms with van der Waals surface area (Å²) in [5, 5.41) is 0.562. The number of rotatable bonds is 5. The van der Waals surface area contributed by atoms with E-state index in [0.29, 0.717) is 43.4 Å². The minimum Gasteiger partial charge on any atom is -0.342 e. The number of carbonyl (C=O) groups excluding carboxylic acids is 2. The highest BCUT2D eigenvalue weighted by Crippen LogP contribution is 2.21. The SMILES string of the molecule is O=C(Cn1c(=O)c2ccccc2n2cncc12)C1CCN(C(=O)Cc2ccccc2)CC1. The maximum absolute atomic E-state index is 13.1. The van der Waals surface area contributed by atoms with E-state index in [0.717, 1.165) is 11.1 Å². The van der Waals surface area contributed by atoms with Crippen molar-refractivity contribution in [2.75, 3.05) is 13.1 Å². The van der Waals surface area contributed by atoms with Gasteiger partial charge in [0, 0.05) is 19.0 Å². The molecule has 2 aromatic heterocycles. The normalized spacial score (nSPS) is 14.8. The predicted molar refractivity (Wildman–Crippen MR) is 121 cm³/mol. The lowest BCUT2D eigenvalue weighted by Gasteiger charge is -2.31. The van der Waals surface area contributed by atoms with Crippen LogP contribution in [0, 0.1) is 5.92 Å². The number of nitrogens with zero attached hydrogens (tertiary/aromatic N) is 4. The number of likely N-dealkylation sites (tertiary alicyclic amines) is 1. The summed E-state index contributed by atoms with van der Waals surface area (Å²) < 4.78 is 3.36. The van der Waals surface area contributed by atoms with E-state index >= 15 is 0 Å². The van der Waals surface area contributed by atoms with Crippen LogP contribution in [0.2, 0.25) is 0 Å². The number of benzene rings is 2. The molecule has 2 aromatic carbocycles. The molecule has 5 rings (SSSR count). The van der Waals surface area contributed by atoms with Gasteiger partial charge in [-0.25, -0.2) is 4.98 Å². The van der Waals surface area contributed by atoms with Crippen molar-refractivity contribution in [1.29, 1.82) is 0 Å². The second-order valence-corrected chi connectivity index (χ2v) is 8.31. The van der Waals surface area contributed by atoms with Crippen molar-refractivity contribution < 1.29 is 9.59 Å². The largest absolute Gasteiger partial charge is 0.342 e. The second-order valence-electron chi connectivity index (χ2n) is 8.31. The average molecular weight is 428 g/mol. The van der Waals surface area contributed by atoms with Crippen LogP contribution < -0.4 is 5.56 Å². The van der Waals surface area contributed by atoms with Gasteiger partial charge in [0.25, 0.3) is 5.56 Å². The molecular weight excluding hydrogens is 404 g/mol. The van der Waals surface area contributed by atoms with Gasteiger partial charge in [-0.15, -0.1) is 0 Å². The fourth-order valence-electron chi connectivity index (χ4n) is 4.56. The van der Waals surface area contributed by atoms with Crippen molar-refractivity contribution >= 4 is 28.2 Å². The van der Waals surface area contributed by atoms with E-state index < -0.39 is 0 Å². The lowest BCUT2D eigenvalue weighted by Crippen LogP contribution is -2.42. The molecule has 32 heavy (non-hydrogen) atoms. The quantitative estimate of drug-likeness (QED) is 0.490. The van der Waals surface area contributed by atoms with Crippen molar-refractivity contribution in [2.24, 2.45) is 5.92 Å². The van der Waals surface area contributed by atoms with E-state index in [2.05, 4.69) is 4.98 Å². The zero-order chi connectivity index (χ0) is 22.1. The number of carbonyl (C=O) groups is 2. The van der Waals surface area contributed by atoms with Gasteiger partial charge in [-0.3, -0.25) is 23.4 Å². The number of hydrogen-bond acceptors (Lipinski definition) is 4. The molecule has 1 amide bonds. The summed E-state index contributed by atoms with van der Waals surface area (Å²) >= 11 is 0. The van der Waals surface area contributed by atoms with Crippen molar-refractivity contribution in [3.8, 4) is 0 Å². The molecule has 4 aromatic rings. The topological polar surface area (TPSA) is 76.7 Å². The molecule has 1 aliphatic heterocycles. The minimum absolute atomic E-state index is 0.0154. The molecule has 7 heteroatoms. The summed E-state index contributed by atoms with van der Waals surface area (Å²) in [5.41, 5.74) is 2.20. The Morgan fingerprint density at radius 1 is 0.969 bits per heavy atom. The Morgan fingerprint density at radius 2 is 1.69 bits per heavy atom. The third kappa shape index (κ3) is 3.70. The molecule has 0 atom stereocenters. The number of piperidine rings is 1. The molecular formula is C25H24N4O3. The first-order chi connectivity index (χ1) is 15.6. The van der Waals surface area contributed by atoms with Crippen LogP contribution >= 0.6 is 0 Å². The number of hydrogen-bond donors (Lipinski definition) is 0. The Kier molecular flexibility index (Phi) is 5.31. The van der Waals surface area contributed by atoms with Crippen LogP contribution in [0.15, 0.2) is 71.9 Å². The monoisotopic (exact) mass is 428 g/mol. The first-order valence-electron chi connectivity index (χ1n) is 10.9. The van der Waals surface area contributed by atoms with E-state index in [1.807, 2.05) is 57.8 Å². The summed E-state index contributed by atoms with van der Waals surface area (Å²) in [4.78, 5) is 44.8. The average Bonchev–Trinajstić information content (AvgIpc) is 3.32. The Bertz CT molecular complexity index is 1350. The first kappa shape index (κ1) is 20.2. The molecule has 1 fully saturated rings. The number of imidazole rings is 1. The number of amides is 1. The zero-order valence-corrected chi connectivity index (χ0v) is 17.7. The molecule has 7 nitrogen and oxygen atoms in total. The smallest absolute Gasteiger partial charge is 0.261 e. The number of Topliss-reactive ketones (excluding diaryl/α,β-unsaturated/α-hetero) is 1. The second kappa shape index (κ2) is 8.42. The molecule has 0 N–H and O–H groups in total.